The van der Waals surface area contributed by atoms with E-state index in [0.717, 1.165) is 17.8 Å². The van der Waals surface area contributed by atoms with Gasteiger partial charge in [-0.2, -0.15) is 0 Å². The van der Waals surface area contributed by atoms with Gasteiger partial charge in [0, 0.05) is 0 Å². The van der Waals surface area contributed by atoms with Crippen LogP contribution in [0.2, 0.25) is 0 Å². The van der Waals surface area contributed by atoms with Crippen LogP contribution in [0, 0.1) is 17.8 Å². The molecule has 0 nitrogen and oxygen atoms in total. The van der Waals surface area contributed by atoms with E-state index >= 15 is 0 Å². The highest BCUT2D eigenvalue weighted by Crippen LogP contribution is 2.33. The van der Waals surface area contributed by atoms with Crippen molar-refractivity contribution >= 4 is 0 Å². The third kappa shape index (κ3) is 4.83. The smallest absolute Gasteiger partial charge is 0.0322 e. The average Bonchev–Trinajstić information content (AvgIpc) is 2.99. The average molecular weight is 194 g/mol. The molecule has 0 aliphatic heterocycles. The van der Waals surface area contributed by atoms with Crippen molar-refractivity contribution in [3.05, 3.63) is 12.2 Å². The standard InChI is InChI=1S/C14H26/c1-4-12(2)13(3)8-6-5-7-9-14-10-11-14/h5-6,12-14H,4,7-11H2,1-3H3. The minimum absolute atomic E-state index is 0.858. The molecule has 0 aromatic heterocycles. The SMILES string of the molecule is CCC(C)C(C)CC=CCCC1CC1. The summed E-state index contributed by atoms with van der Waals surface area (Å²) >= 11 is 0. The lowest BCUT2D eigenvalue weighted by atomic mass is 9.91. The van der Waals surface area contributed by atoms with Gasteiger partial charge in [0.25, 0.3) is 0 Å². The summed E-state index contributed by atoms with van der Waals surface area (Å²) in [6.45, 7) is 7.03. The van der Waals surface area contributed by atoms with Crippen LogP contribution in [0.5, 0.6) is 0 Å². The fourth-order valence-corrected chi connectivity index (χ4v) is 1.80. The molecule has 1 saturated carbocycles. The second-order valence-electron chi connectivity index (χ2n) is 5.09. The summed E-state index contributed by atoms with van der Waals surface area (Å²) in [6, 6.07) is 0. The number of allylic oxidation sites excluding steroid dienone is 2. The highest BCUT2D eigenvalue weighted by molar-refractivity contribution is 4.86. The minimum atomic E-state index is 0.858. The van der Waals surface area contributed by atoms with Gasteiger partial charge in [-0.15, -0.1) is 0 Å². The Morgan fingerprint density at radius 2 is 1.86 bits per heavy atom. The second-order valence-corrected chi connectivity index (χ2v) is 5.09. The summed E-state index contributed by atoms with van der Waals surface area (Å²) in [7, 11) is 0. The van der Waals surface area contributed by atoms with E-state index < -0.39 is 0 Å². The highest BCUT2D eigenvalue weighted by atomic mass is 14.2. The Morgan fingerprint density at radius 1 is 1.14 bits per heavy atom. The van der Waals surface area contributed by atoms with Gasteiger partial charge in [0.05, 0.1) is 0 Å². The normalized spacial score (nSPS) is 21.4. The van der Waals surface area contributed by atoms with Crippen LogP contribution in [-0.2, 0) is 0 Å². The summed E-state index contributed by atoms with van der Waals surface area (Å²) < 4.78 is 0. The number of hydrogen-bond acceptors (Lipinski definition) is 0. The molecule has 1 fully saturated rings. The van der Waals surface area contributed by atoms with Crippen LogP contribution < -0.4 is 0 Å². The molecule has 14 heavy (non-hydrogen) atoms. The molecule has 0 aromatic rings. The van der Waals surface area contributed by atoms with Crippen molar-refractivity contribution in [1.82, 2.24) is 0 Å². The fraction of sp³-hybridized carbons (Fsp3) is 0.857. The number of rotatable bonds is 7. The summed E-state index contributed by atoms with van der Waals surface area (Å²) in [5.41, 5.74) is 0. The Labute approximate surface area is 89.8 Å². The maximum atomic E-state index is 2.40. The molecule has 1 rings (SSSR count). The minimum Gasteiger partial charge on any atom is -0.0885 e. The van der Waals surface area contributed by atoms with Crippen molar-refractivity contribution in [3.8, 4) is 0 Å². The largest absolute Gasteiger partial charge is 0.0885 e. The first kappa shape index (κ1) is 11.8. The quantitative estimate of drug-likeness (QED) is 0.510. The van der Waals surface area contributed by atoms with Crippen LogP contribution in [0.1, 0.15) is 59.3 Å². The van der Waals surface area contributed by atoms with Crippen LogP contribution in [0.15, 0.2) is 12.2 Å². The molecule has 1 aliphatic carbocycles. The third-order valence-corrected chi connectivity index (χ3v) is 3.73. The van der Waals surface area contributed by atoms with Crippen LogP contribution >= 0.6 is 0 Å². The van der Waals surface area contributed by atoms with E-state index in [1.165, 1.54) is 38.5 Å². The van der Waals surface area contributed by atoms with Gasteiger partial charge >= 0.3 is 0 Å². The van der Waals surface area contributed by atoms with Gasteiger partial charge in [0.2, 0.25) is 0 Å². The van der Waals surface area contributed by atoms with Gasteiger partial charge in [-0.25, -0.2) is 0 Å². The molecular weight excluding hydrogens is 168 g/mol. The molecule has 0 amide bonds. The number of hydrogen-bond donors (Lipinski definition) is 0. The first-order valence-corrected chi connectivity index (χ1v) is 6.39. The molecule has 0 saturated heterocycles. The zero-order valence-electron chi connectivity index (χ0n) is 10.1. The summed E-state index contributed by atoms with van der Waals surface area (Å²) in [4.78, 5) is 0. The predicted molar refractivity (Wildman–Crippen MR) is 64.3 cm³/mol. The molecule has 0 aromatic carbocycles. The summed E-state index contributed by atoms with van der Waals surface area (Å²) in [5, 5.41) is 0. The first-order valence-electron chi connectivity index (χ1n) is 6.39. The van der Waals surface area contributed by atoms with E-state index in [4.69, 9.17) is 0 Å². The van der Waals surface area contributed by atoms with Gasteiger partial charge < -0.3 is 0 Å². The van der Waals surface area contributed by atoms with Crippen molar-refractivity contribution in [2.45, 2.75) is 59.3 Å². The van der Waals surface area contributed by atoms with Crippen molar-refractivity contribution < 1.29 is 0 Å². The summed E-state index contributed by atoms with van der Waals surface area (Å²) in [5.74, 6) is 2.83. The molecule has 0 bridgehead atoms. The molecule has 0 N–H and O–H groups in total. The van der Waals surface area contributed by atoms with E-state index in [0.29, 0.717) is 0 Å². The second kappa shape index (κ2) is 6.27. The third-order valence-electron chi connectivity index (χ3n) is 3.73. The Kier molecular flexibility index (Phi) is 5.29. The monoisotopic (exact) mass is 194 g/mol. The van der Waals surface area contributed by atoms with Gasteiger partial charge in [0.15, 0.2) is 0 Å². The molecule has 2 unspecified atom stereocenters. The Bertz CT molecular complexity index is 165. The topological polar surface area (TPSA) is 0 Å². The Balaban J connectivity index is 1.99. The van der Waals surface area contributed by atoms with E-state index in [1.807, 2.05) is 0 Å². The van der Waals surface area contributed by atoms with Gasteiger partial charge in [-0.05, 0) is 37.0 Å². The lowest BCUT2D eigenvalue weighted by Crippen LogP contribution is -2.05. The van der Waals surface area contributed by atoms with E-state index in [9.17, 15) is 0 Å². The van der Waals surface area contributed by atoms with Crippen molar-refractivity contribution in [2.75, 3.05) is 0 Å². The molecular formula is C14H26. The van der Waals surface area contributed by atoms with Crippen molar-refractivity contribution in [2.24, 2.45) is 17.8 Å². The van der Waals surface area contributed by atoms with Crippen molar-refractivity contribution in [1.29, 1.82) is 0 Å². The van der Waals surface area contributed by atoms with E-state index in [-0.39, 0.29) is 0 Å². The molecule has 0 heterocycles. The predicted octanol–water partition coefficient (Wildman–Crippen LogP) is 4.81. The molecule has 0 heteroatoms. The zero-order chi connectivity index (χ0) is 10.4. The molecule has 2 atom stereocenters. The maximum Gasteiger partial charge on any atom is -0.0322 e. The maximum absolute atomic E-state index is 2.40. The lowest BCUT2D eigenvalue weighted by Gasteiger charge is -2.15. The Hall–Kier alpha value is -0.260. The first-order chi connectivity index (χ1) is 6.74. The molecule has 0 spiro atoms. The zero-order valence-corrected chi connectivity index (χ0v) is 10.1. The van der Waals surface area contributed by atoms with Gasteiger partial charge in [-0.1, -0.05) is 52.2 Å². The van der Waals surface area contributed by atoms with Crippen molar-refractivity contribution in [3.63, 3.8) is 0 Å². The highest BCUT2D eigenvalue weighted by Gasteiger charge is 2.19. The van der Waals surface area contributed by atoms with Crippen LogP contribution in [0.3, 0.4) is 0 Å². The summed E-state index contributed by atoms with van der Waals surface area (Å²) in [6.07, 6.45) is 13.1. The molecule has 1 aliphatic rings. The van der Waals surface area contributed by atoms with Crippen LogP contribution in [-0.4, -0.2) is 0 Å². The lowest BCUT2D eigenvalue weighted by molar-refractivity contribution is 0.380. The molecule has 82 valence electrons. The van der Waals surface area contributed by atoms with Gasteiger partial charge in [0.1, 0.15) is 0 Å². The van der Waals surface area contributed by atoms with Crippen LogP contribution in [0.25, 0.3) is 0 Å². The van der Waals surface area contributed by atoms with Gasteiger partial charge in [-0.3, -0.25) is 0 Å². The van der Waals surface area contributed by atoms with E-state index in [2.05, 4.69) is 32.9 Å². The molecule has 0 radical (unpaired) electrons. The van der Waals surface area contributed by atoms with Crippen LogP contribution in [0.4, 0.5) is 0 Å². The van der Waals surface area contributed by atoms with E-state index in [1.54, 1.807) is 0 Å². The Morgan fingerprint density at radius 3 is 2.43 bits per heavy atom. The fourth-order valence-electron chi connectivity index (χ4n) is 1.80.